The molecule has 0 aliphatic carbocycles. The third-order valence-electron chi connectivity index (χ3n) is 0.449. The topological polar surface area (TPSA) is 0 Å². The summed E-state index contributed by atoms with van der Waals surface area (Å²) in [5.74, 6) is 0. The van der Waals surface area contributed by atoms with Gasteiger partial charge in [0.25, 0.3) is 0 Å². The van der Waals surface area contributed by atoms with Crippen LogP contribution in [-0.2, 0) is 0 Å². The normalized spacial score (nSPS) is 9.86. The van der Waals surface area contributed by atoms with E-state index in [9.17, 15) is 8.22 Å². The van der Waals surface area contributed by atoms with E-state index in [1.165, 1.54) is 5.54 Å². The van der Waals surface area contributed by atoms with Crippen LogP contribution in [0, 0.1) is 12.0 Å². The largest absolute Gasteiger partial charge is 0.527 e. The highest BCUT2D eigenvalue weighted by atomic mass is 28.4. The van der Waals surface area contributed by atoms with E-state index < -0.39 is 8.74 Å². The molecular weight excluding hydrogens is 114 g/mol. The Kier molecular flexibility index (Phi) is 1.72. The minimum atomic E-state index is -4.36. The van der Waals surface area contributed by atoms with Crippen LogP contribution in [0.2, 0.25) is 0 Å². The lowest BCUT2D eigenvalue weighted by Crippen LogP contribution is -2.14. The van der Waals surface area contributed by atoms with Crippen molar-refractivity contribution in [3.05, 3.63) is 12.3 Å². The molecule has 38 valence electrons. The van der Waals surface area contributed by atoms with Crippen LogP contribution >= 0.6 is 0 Å². The van der Waals surface area contributed by atoms with Crippen LogP contribution in [0.25, 0.3) is 0 Å². The van der Waals surface area contributed by atoms with Crippen molar-refractivity contribution < 1.29 is 8.22 Å². The highest BCUT2D eigenvalue weighted by molar-refractivity contribution is 6.79. The lowest BCUT2D eigenvalue weighted by Gasteiger charge is -1.91. The van der Waals surface area contributed by atoms with Crippen molar-refractivity contribution in [2.24, 2.45) is 0 Å². The van der Waals surface area contributed by atoms with Gasteiger partial charge in [-0.1, -0.05) is 5.54 Å². The summed E-state index contributed by atoms with van der Waals surface area (Å²) in [6, 6.07) is 0. The first-order valence-corrected chi connectivity index (χ1v) is 3.45. The van der Waals surface area contributed by atoms with Crippen molar-refractivity contribution in [3.63, 3.8) is 0 Å². The average Bonchev–Trinajstić information content (AvgIpc) is 1.68. The van der Waals surface area contributed by atoms with Gasteiger partial charge in [-0.25, -0.2) is 0 Å². The van der Waals surface area contributed by atoms with Gasteiger partial charge < -0.3 is 0 Å². The second kappa shape index (κ2) is 1.89. The second-order valence-corrected chi connectivity index (χ2v) is 2.91. The van der Waals surface area contributed by atoms with Gasteiger partial charge in [-0.15, -0.1) is 13.0 Å². The van der Waals surface area contributed by atoms with Gasteiger partial charge >= 0.3 is 8.74 Å². The predicted octanol–water partition coefficient (Wildman–Crippen LogP) is 1.27. The van der Waals surface area contributed by atoms with Crippen molar-refractivity contribution in [1.82, 2.24) is 0 Å². The molecule has 0 radical (unpaired) electrons. The first-order chi connectivity index (χ1) is 3.12. The van der Waals surface area contributed by atoms with Gasteiger partial charge in [-0.05, 0) is 5.70 Å². The maximum absolute atomic E-state index is 11.7. The Morgan fingerprint density at radius 1 is 1.71 bits per heavy atom. The van der Waals surface area contributed by atoms with E-state index in [4.69, 9.17) is 0 Å². The predicted molar refractivity (Wildman–Crippen MR) is 27.0 cm³/mol. The van der Waals surface area contributed by atoms with Gasteiger partial charge in [0.05, 0.1) is 0 Å². The first kappa shape index (κ1) is 6.38. The Labute approximate surface area is 42.2 Å². The molecular formula is C4H4F2Si. The summed E-state index contributed by atoms with van der Waals surface area (Å²) >= 11 is 0. The third kappa shape index (κ3) is 2.12. The molecule has 3 heteroatoms. The van der Waals surface area contributed by atoms with Crippen molar-refractivity contribution in [2.45, 2.75) is 0 Å². The molecule has 0 atom stereocenters. The van der Waals surface area contributed by atoms with Gasteiger partial charge in [0.1, 0.15) is 0 Å². The van der Waals surface area contributed by atoms with Crippen molar-refractivity contribution in [1.29, 1.82) is 0 Å². The lowest BCUT2D eigenvalue weighted by molar-refractivity contribution is 0.656. The summed E-state index contributed by atoms with van der Waals surface area (Å²) in [6.45, 7) is 2.87. The van der Waals surface area contributed by atoms with E-state index in [1.807, 2.05) is 0 Å². The zero-order valence-electron chi connectivity index (χ0n) is 3.62. The average molecular weight is 118 g/mol. The summed E-state index contributed by atoms with van der Waals surface area (Å²) in [4.78, 5) is 0. The maximum atomic E-state index is 11.7. The van der Waals surface area contributed by atoms with Gasteiger partial charge in [0.2, 0.25) is 0 Å². The molecule has 0 unspecified atom stereocenters. The Bertz CT molecular complexity index is 111. The lowest BCUT2D eigenvalue weighted by atomic mass is 11.3. The molecule has 0 fully saturated rings. The molecule has 0 N–H and O–H groups in total. The minimum absolute atomic E-state index is 0.562. The number of rotatable bonds is 1. The fourth-order valence-corrected chi connectivity index (χ4v) is 0.177. The minimum Gasteiger partial charge on any atom is -0.252 e. The van der Waals surface area contributed by atoms with Crippen molar-refractivity contribution in [3.8, 4) is 12.0 Å². The van der Waals surface area contributed by atoms with E-state index in [-0.39, 0.29) is 0 Å². The van der Waals surface area contributed by atoms with Crippen LogP contribution in [0.5, 0.6) is 0 Å². The number of hydrogen-bond donors (Lipinski definition) is 0. The van der Waals surface area contributed by atoms with E-state index in [2.05, 4.69) is 13.0 Å². The highest BCUT2D eigenvalue weighted by Gasteiger charge is 2.26. The Morgan fingerprint density at radius 3 is 2.14 bits per heavy atom. The van der Waals surface area contributed by atoms with Crippen LogP contribution in [-0.4, -0.2) is 8.74 Å². The van der Waals surface area contributed by atoms with Crippen molar-refractivity contribution >= 4 is 8.74 Å². The SMILES string of the molecule is C#C[Si](F)(F)C=C. The summed E-state index contributed by atoms with van der Waals surface area (Å²) < 4.78 is 23.3. The van der Waals surface area contributed by atoms with E-state index in [0.717, 1.165) is 0 Å². The van der Waals surface area contributed by atoms with Crippen LogP contribution in [0.4, 0.5) is 8.22 Å². The van der Waals surface area contributed by atoms with Gasteiger partial charge in [0, 0.05) is 0 Å². The molecule has 0 rings (SSSR count). The zero-order valence-corrected chi connectivity index (χ0v) is 4.62. The molecule has 0 saturated carbocycles. The maximum Gasteiger partial charge on any atom is 0.527 e. The molecule has 0 nitrogen and oxygen atoms in total. The Morgan fingerprint density at radius 2 is 2.14 bits per heavy atom. The van der Waals surface area contributed by atoms with E-state index in [1.54, 1.807) is 0 Å². The highest BCUT2D eigenvalue weighted by Crippen LogP contribution is 2.03. The smallest absolute Gasteiger partial charge is 0.252 e. The summed E-state index contributed by atoms with van der Waals surface area (Å²) in [5, 5.41) is 0. The van der Waals surface area contributed by atoms with Crippen LogP contribution in [0.1, 0.15) is 0 Å². The van der Waals surface area contributed by atoms with Gasteiger partial charge in [0.15, 0.2) is 0 Å². The molecule has 0 spiro atoms. The molecule has 0 aromatic heterocycles. The quantitative estimate of drug-likeness (QED) is 0.276. The number of hydrogen-bond acceptors (Lipinski definition) is 0. The second-order valence-electron chi connectivity index (χ2n) is 0.971. The standard InChI is InChI=1S/C4H4F2Si/c1-3-7(5,6)4-2/h1,4H,2H2. The third-order valence-corrected chi connectivity index (χ3v) is 1.35. The molecule has 7 heavy (non-hydrogen) atoms. The number of terminal acetylenes is 1. The molecule has 0 aromatic carbocycles. The molecule has 0 bridgehead atoms. The summed E-state index contributed by atoms with van der Waals surface area (Å²) in [7, 11) is -4.36. The van der Waals surface area contributed by atoms with Crippen LogP contribution < -0.4 is 0 Å². The van der Waals surface area contributed by atoms with E-state index in [0.29, 0.717) is 5.70 Å². The van der Waals surface area contributed by atoms with Crippen LogP contribution in [0.3, 0.4) is 0 Å². The van der Waals surface area contributed by atoms with Gasteiger partial charge in [-0.2, -0.15) is 0 Å². The fraction of sp³-hybridized carbons (Fsp3) is 0. The molecule has 0 aromatic rings. The zero-order chi connectivity index (χ0) is 5.91. The van der Waals surface area contributed by atoms with Crippen molar-refractivity contribution in [2.75, 3.05) is 0 Å². The number of halogens is 2. The summed E-state index contributed by atoms with van der Waals surface area (Å²) in [6.07, 6.45) is 4.41. The molecule has 0 aliphatic heterocycles. The summed E-state index contributed by atoms with van der Waals surface area (Å²) in [5.41, 5.74) is 1.94. The Hall–Kier alpha value is -0.623. The first-order valence-electron chi connectivity index (χ1n) is 1.61. The van der Waals surface area contributed by atoms with Crippen LogP contribution in [0.15, 0.2) is 12.3 Å². The molecule has 0 aliphatic rings. The monoisotopic (exact) mass is 118 g/mol. The van der Waals surface area contributed by atoms with E-state index >= 15 is 0 Å². The van der Waals surface area contributed by atoms with Gasteiger partial charge in [-0.3, -0.25) is 8.22 Å². The molecule has 0 heterocycles. The Balaban J connectivity index is 3.91. The molecule has 0 amide bonds. The molecule has 0 saturated heterocycles. The fourth-order valence-electron chi connectivity index (χ4n) is 0.0589.